The normalized spacial score (nSPS) is 15.5. The molecule has 1 nitrogen and oxygen atoms in total. The molecule has 0 heterocycles. The molecule has 0 aliphatic heterocycles. The van der Waals surface area contributed by atoms with Crippen LogP contribution in [0.5, 0.6) is 0 Å². The highest BCUT2D eigenvalue weighted by molar-refractivity contribution is 8.22. The molecule has 1 N–H and O–H groups in total. The molecule has 2 rings (SSSR count). The highest BCUT2D eigenvalue weighted by Crippen LogP contribution is 2.30. The van der Waals surface area contributed by atoms with E-state index in [-0.39, 0.29) is 0 Å². The Hall–Kier alpha value is -0.750. The molecular weight excluding hydrogens is 279 g/mol. The molecule has 0 aromatic heterocycles. The lowest BCUT2D eigenvalue weighted by Crippen LogP contribution is -2.20. The third kappa shape index (κ3) is 4.17. The van der Waals surface area contributed by atoms with Crippen LogP contribution < -0.4 is 5.32 Å². The maximum absolute atomic E-state index is 12.5. The van der Waals surface area contributed by atoms with E-state index < -0.39 is 11.7 Å². The maximum atomic E-state index is 12.5. The summed E-state index contributed by atoms with van der Waals surface area (Å²) in [6, 6.07) is 5.84. The van der Waals surface area contributed by atoms with Gasteiger partial charge in [-0.05, 0) is 24.5 Å². The van der Waals surface area contributed by atoms with Gasteiger partial charge in [0.2, 0.25) is 0 Å². The molecule has 1 aliphatic carbocycles. The molecule has 0 spiro atoms. The Morgan fingerprint density at radius 1 is 1.39 bits per heavy atom. The Kier molecular flexibility index (Phi) is 4.17. The second-order valence-electron chi connectivity index (χ2n) is 4.19. The van der Waals surface area contributed by atoms with Crippen molar-refractivity contribution in [1.29, 1.82) is 0 Å². The highest BCUT2D eigenvalue weighted by atomic mass is 32.2. The van der Waals surface area contributed by atoms with Crippen LogP contribution in [0.25, 0.3) is 0 Å². The first-order valence-corrected chi connectivity index (χ1v) is 6.94. The van der Waals surface area contributed by atoms with E-state index in [9.17, 15) is 13.2 Å². The van der Waals surface area contributed by atoms with E-state index in [1.54, 1.807) is 6.07 Å². The number of hydrogen-bond donors (Lipinski definition) is 1. The van der Waals surface area contributed by atoms with Crippen molar-refractivity contribution in [3.05, 3.63) is 35.4 Å². The van der Waals surface area contributed by atoms with Crippen LogP contribution in [0, 0.1) is 0 Å². The Labute approximate surface area is 113 Å². The third-order valence-electron chi connectivity index (χ3n) is 2.52. The molecule has 6 heteroatoms. The Balaban J connectivity index is 1.90. The van der Waals surface area contributed by atoms with Gasteiger partial charge < -0.3 is 5.32 Å². The molecule has 18 heavy (non-hydrogen) atoms. The van der Waals surface area contributed by atoms with Crippen LogP contribution in [-0.4, -0.2) is 10.4 Å². The maximum Gasteiger partial charge on any atom is 0.416 e. The predicted octanol–water partition coefficient (Wildman–Crippen LogP) is 3.98. The zero-order chi connectivity index (χ0) is 13.2. The molecule has 98 valence electrons. The monoisotopic (exact) mass is 291 g/mol. The summed E-state index contributed by atoms with van der Waals surface area (Å²) < 4.78 is 38.2. The van der Waals surface area contributed by atoms with Crippen LogP contribution in [-0.2, 0) is 11.9 Å². The van der Waals surface area contributed by atoms with E-state index in [4.69, 9.17) is 12.2 Å². The zero-order valence-corrected chi connectivity index (χ0v) is 11.1. The van der Waals surface area contributed by atoms with Crippen molar-refractivity contribution < 1.29 is 13.2 Å². The fourth-order valence-electron chi connectivity index (χ4n) is 1.42. The smallest absolute Gasteiger partial charge is 0.368 e. The van der Waals surface area contributed by atoms with Crippen molar-refractivity contribution in [3.8, 4) is 0 Å². The molecule has 0 unspecified atom stereocenters. The summed E-state index contributed by atoms with van der Waals surface area (Å²) in [5.41, 5.74) is 0.0245. The number of hydrogen-bond acceptors (Lipinski definition) is 2. The van der Waals surface area contributed by atoms with Crippen LogP contribution in [0.2, 0.25) is 0 Å². The summed E-state index contributed by atoms with van der Waals surface area (Å²) in [5.74, 6) is 0.461. The van der Waals surface area contributed by atoms with Crippen LogP contribution in [0.15, 0.2) is 24.3 Å². The lowest BCUT2D eigenvalue weighted by atomic mass is 10.1. The minimum atomic E-state index is -4.28. The van der Waals surface area contributed by atoms with Gasteiger partial charge in [0.1, 0.15) is 4.32 Å². The number of halogens is 3. The number of rotatable bonds is 3. The second-order valence-corrected chi connectivity index (χ2v) is 5.85. The number of thioether (sulfide) groups is 1. The highest BCUT2D eigenvalue weighted by Gasteiger charge is 2.30. The minimum Gasteiger partial charge on any atom is -0.368 e. The molecule has 0 atom stereocenters. The minimum absolute atomic E-state index is 0.461. The fourth-order valence-corrected chi connectivity index (χ4v) is 2.49. The number of benzene rings is 1. The molecular formula is C12H12F3NS2. The average molecular weight is 291 g/mol. The molecule has 0 amide bonds. The van der Waals surface area contributed by atoms with Crippen molar-refractivity contribution in [2.45, 2.75) is 30.8 Å². The van der Waals surface area contributed by atoms with Crippen LogP contribution >= 0.6 is 24.0 Å². The summed E-state index contributed by atoms with van der Waals surface area (Å²) in [4.78, 5) is 0. The standard InChI is InChI=1S/C12H12F3NS2/c13-12(14,15)9-3-1-2-8(6-9)7-18-11(17)16-10-4-5-10/h1-3,6,10H,4-5,7H2,(H,16,17). The van der Waals surface area contributed by atoms with Gasteiger partial charge in [0.15, 0.2) is 0 Å². The summed E-state index contributed by atoms with van der Waals surface area (Å²) in [6.45, 7) is 0. The van der Waals surface area contributed by atoms with Gasteiger partial charge in [-0.15, -0.1) is 0 Å². The Morgan fingerprint density at radius 3 is 2.72 bits per heavy atom. The van der Waals surface area contributed by atoms with Crippen molar-refractivity contribution >= 4 is 28.3 Å². The van der Waals surface area contributed by atoms with Gasteiger partial charge in [-0.25, -0.2) is 0 Å². The van der Waals surface area contributed by atoms with Crippen molar-refractivity contribution in [1.82, 2.24) is 5.32 Å². The lowest BCUT2D eigenvalue weighted by molar-refractivity contribution is -0.137. The molecule has 1 aromatic rings. The van der Waals surface area contributed by atoms with Gasteiger partial charge in [0.05, 0.1) is 5.56 Å². The quantitative estimate of drug-likeness (QED) is 0.846. The van der Waals surface area contributed by atoms with Crippen LogP contribution in [0.4, 0.5) is 13.2 Å². The molecule has 1 aromatic carbocycles. The van der Waals surface area contributed by atoms with E-state index in [0.29, 0.717) is 21.7 Å². The summed E-state index contributed by atoms with van der Waals surface area (Å²) in [5, 5.41) is 3.14. The summed E-state index contributed by atoms with van der Waals surface area (Å²) >= 11 is 6.48. The van der Waals surface area contributed by atoms with Crippen LogP contribution in [0.3, 0.4) is 0 Å². The van der Waals surface area contributed by atoms with Gasteiger partial charge in [-0.1, -0.05) is 42.2 Å². The SMILES string of the molecule is FC(F)(F)c1cccc(CSC(=S)NC2CC2)c1. The zero-order valence-electron chi connectivity index (χ0n) is 9.46. The molecule has 1 aliphatic rings. The van der Waals surface area contributed by atoms with Gasteiger partial charge in [0.25, 0.3) is 0 Å². The van der Waals surface area contributed by atoms with Gasteiger partial charge >= 0.3 is 6.18 Å². The Morgan fingerprint density at radius 2 is 2.11 bits per heavy atom. The summed E-state index contributed by atoms with van der Waals surface area (Å²) in [6.07, 6.45) is -2.03. The third-order valence-corrected chi connectivity index (χ3v) is 3.85. The first kappa shape index (κ1) is 13.7. The van der Waals surface area contributed by atoms with Crippen molar-refractivity contribution in [2.24, 2.45) is 0 Å². The average Bonchev–Trinajstić information content (AvgIpc) is 3.10. The fraction of sp³-hybridized carbons (Fsp3) is 0.417. The lowest BCUT2D eigenvalue weighted by Gasteiger charge is -2.09. The number of alkyl halides is 3. The first-order valence-electron chi connectivity index (χ1n) is 5.54. The van der Waals surface area contributed by atoms with Crippen molar-refractivity contribution in [2.75, 3.05) is 0 Å². The second kappa shape index (κ2) is 5.48. The predicted molar refractivity (Wildman–Crippen MR) is 71.5 cm³/mol. The van der Waals surface area contributed by atoms with E-state index in [1.165, 1.54) is 23.9 Å². The topological polar surface area (TPSA) is 12.0 Å². The molecule has 0 saturated heterocycles. The van der Waals surface area contributed by atoms with Gasteiger partial charge in [-0.2, -0.15) is 13.2 Å². The first-order chi connectivity index (χ1) is 8.45. The molecule has 0 bridgehead atoms. The van der Waals surface area contributed by atoms with Crippen molar-refractivity contribution in [3.63, 3.8) is 0 Å². The van der Waals surface area contributed by atoms with E-state index in [0.717, 1.165) is 18.9 Å². The Bertz CT molecular complexity index is 441. The van der Waals surface area contributed by atoms with Gasteiger partial charge in [0, 0.05) is 11.8 Å². The number of thiocarbonyl (C=S) groups is 1. The molecule has 0 radical (unpaired) electrons. The number of nitrogens with one attached hydrogen (secondary N) is 1. The molecule has 1 fully saturated rings. The van der Waals surface area contributed by atoms with Crippen LogP contribution in [0.1, 0.15) is 24.0 Å². The van der Waals surface area contributed by atoms with E-state index in [2.05, 4.69) is 5.32 Å². The van der Waals surface area contributed by atoms with E-state index >= 15 is 0 Å². The van der Waals surface area contributed by atoms with E-state index in [1.807, 2.05) is 0 Å². The molecule has 1 saturated carbocycles. The summed E-state index contributed by atoms with van der Waals surface area (Å²) in [7, 11) is 0. The largest absolute Gasteiger partial charge is 0.416 e. The van der Waals surface area contributed by atoms with Gasteiger partial charge in [-0.3, -0.25) is 0 Å².